The van der Waals surface area contributed by atoms with E-state index in [0.29, 0.717) is 19.4 Å². The van der Waals surface area contributed by atoms with Gasteiger partial charge in [-0.25, -0.2) is 4.79 Å². The number of thiol groups is 1. The van der Waals surface area contributed by atoms with Crippen LogP contribution in [0.1, 0.15) is 46.0 Å². The molecule has 7 N–H and O–H groups in total. The van der Waals surface area contributed by atoms with Gasteiger partial charge in [0.25, 0.3) is 0 Å². The van der Waals surface area contributed by atoms with Crippen molar-refractivity contribution in [1.29, 1.82) is 0 Å². The number of carboxylic acid groups (broad SMARTS) is 1. The van der Waals surface area contributed by atoms with Gasteiger partial charge in [-0.2, -0.15) is 12.6 Å². The quantitative estimate of drug-likeness (QED) is 0.164. The Bertz CT molecular complexity index is 670. The molecule has 1 fully saturated rings. The molecule has 1 aliphatic rings. The van der Waals surface area contributed by atoms with Crippen molar-refractivity contribution in [2.75, 3.05) is 12.3 Å². The molecule has 0 spiro atoms. The fraction of sp³-hybridized carbons (Fsp3) is 0.737. The number of rotatable bonds is 13. The van der Waals surface area contributed by atoms with Crippen molar-refractivity contribution in [3.05, 3.63) is 0 Å². The molecule has 12 heteroatoms. The number of hydrogen-bond acceptors (Lipinski definition) is 7. The summed E-state index contributed by atoms with van der Waals surface area (Å²) in [5.74, 6) is -3.98. The summed E-state index contributed by atoms with van der Waals surface area (Å²) in [4.78, 5) is 60.3. The molecule has 176 valence electrons. The molecule has 0 aromatic heterocycles. The van der Waals surface area contributed by atoms with E-state index in [2.05, 4.69) is 33.9 Å². The fourth-order valence-corrected chi connectivity index (χ4v) is 3.40. The van der Waals surface area contributed by atoms with Crippen LogP contribution in [-0.4, -0.2) is 71.2 Å². The summed E-state index contributed by atoms with van der Waals surface area (Å²) >= 11 is 4.08. The van der Waals surface area contributed by atoms with Gasteiger partial charge in [0.05, 0.1) is 6.04 Å². The van der Waals surface area contributed by atoms with E-state index in [1.807, 2.05) is 0 Å². The predicted molar refractivity (Wildman–Crippen MR) is 116 cm³/mol. The first-order valence-electron chi connectivity index (χ1n) is 10.4. The van der Waals surface area contributed by atoms with E-state index < -0.39 is 47.9 Å². The zero-order valence-corrected chi connectivity index (χ0v) is 18.7. The highest BCUT2D eigenvalue weighted by molar-refractivity contribution is 7.80. The van der Waals surface area contributed by atoms with Gasteiger partial charge in [0.1, 0.15) is 18.1 Å². The second kappa shape index (κ2) is 13.2. The maximum Gasteiger partial charge on any atom is 0.326 e. The Labute approximate surface area is 187 Å². The Balaban J connectivity index is 2.83. The molecule has 5 atom stereocenters. The molecule has 0 aromatic carbocycles. The molecule has 1 saturated heterocycles. The highest BCUT2D eigenvalue weighted by Gasteiger charge is 2.32. The molecule has 0 aliphatic carbocycles. The molecular weight excluding hydrogens is 426 g/mol. The lowest BCUT2D eigenvalue weighted by Crippen LogP contribution is -2.58. The van der Waals surface area contributed by atoms with Gasteiger partial charge in [0, 0.05) is 12.2 Å². The van der Waals surface area contributed by atoms with Gasteiger partial charge in [0.2, 0.25) is 23.6 Å². The zero-order valence-electron chi connectivity index (χ0n) is 17.8. The highest BCUT2D eigenvalue weighted by atomic mass is 32.1. The highest BCUT2D eigenvalue weighted by Crippen LogP contribution is 2.09. The predicted octanol–water partition coefficient (Wildman–Crippen LogP) is -1.48. The van der Waals surface area contributed by atoms with Crippen molar-refractivity contribution >= 4 is 42.2 Å². The number of primary amides is 1. The molecule has 1 rings (SSSR count). The number of carboxylic acids is 1. The van der Waals surface area contributed by atoms with E-state index in [1.54, 1.807) is 13.8 Å². The lowest BCUT2D eigenvalue weighted by Gasteiger charge is -2.25. The van der Waals surface area contributed by atoms with Crippen molar-refractivity contribution in [3.8, 4) is 0 Å². The molecule has 4 amide bonds. The maximum atomic E-state index is 12.8. The maximum absolute atomic E-state index is 12.8. The minimum atomic E-state index is -1.18. The summed E-state index contributed by atoms with van der Waals surface area (Å²) in [7, 11) is 0. The Kier molecular flexibility index (Phi) is 11.3. The first-order valence-corrected chi connectivity index (χ1v) is 11.0. The Morgan fingerprint density at radius 3 is 2.26 bits per heavy atom. The first-order chi connectivity index (χ1) is 14.6. The Morgan fingerprint density at radius 2 is 1.77 bits per heavy atom. The molecule has 1 aliphatic heterocycles. The summed E-state index contributed by atoms with van der Waals surface area (Å²) in [6, 6.07) is -3.75. The standard InChI is InChI=1S/C19H33N5O6S/c1-3-10(2)15(19(29)30)24-18(28)13(9-31)23-17(27)12(6-7-14(20)25)22-16(26)11-5-4-8-21-11/h10-13,15,21,31H,3-9H2,1-2H3,(H2,20,25)(H,22,26)(H,23,27)(H,24,28)(H,29,30). The van der Waals surface area contributed by atoms with Crippen LogP contribution in [0.15, 0.2) is 0 Å². The van der Waals surface area contributed by atoms with Crippen molar-refractivity contribution < 1.29 is 29.1 Å². The molecule has 1 heterocycles. The second-order valence-electron chi connectivity index (χ2n) is 7.67. The van der Waals surface area contributed by atoms with Gasteiger partial charge in [-0.1, -0.05) is 20.3 Å². The van der Waals surface area contributed by atoms with Crippen LogP contribution in [0.3, 0.4) is 0 Å². The molecule has 5 unspecified atom stereocenters. The van der Waals surface area contributed by atoms with Crippen molar-refractivity contribution in [2.24, 2.45) is 11.7 Å². The third-order valence-corrected chi connectivity index (χ3v) is 5.65. The van der Waals surface area contributed by atoms with E-state index in [9.17, 15) is 29.1 Å². The minimum absolute atomic E-state index is 0.0366. The largest absolute Gasteiger partial charge is 0.480 e. The van der Waals surface area contributed by atoms with E-state index in [1.165, 1.54) is 0 Å². The number of carbonyl (C=O) groups is 5. The van der Waals surface area contributed by atoms with Crippen LogP contribution in [0.25, 0.3) is 0 Å². The van der Waals surface area contributed by atoms with Crippen LogP contribution < -0.4 is 27.0 Å². The van der Waals surface area contributed by atoms with Crippen molar-refractivity contribution in [3.63, 3.8) is 0 Å². The second-order valence-corrected chi connectivity index (χ2v) is 8.03. The van der Waals surface area contributed by atoms with E-state index >= 15 is 0 Å². The Morgan fingerprint density at radius 1 is 1.13 bits per heavy atom. The van der Waals surface area contributed by atoms with Crippen LogP contribution in [0.4, 0.5) is 0 Å². The molecule has 0 bridgehead atoms. The average Bonchev–Trinajstić information content (AvgIpc) is 3.26. The van der Waals surface area contributed by atoms with Crippen LogP contribution in [0.2, 0.25) is 0 Å². The molecule has 0 aromatic rings. The third kappa shape index (κ3) is 8.74. The van der Waals surface area contributed by atoms with Gasteiger partial charge in [-0.15, -0.1) is 0 Å². The Hall–Kier alpha value is -2.34. The third-order valence-electron chi connectivity index (χ3n) is 5.28. The van der Waals surface area contributed by atoms with Gasteiger partial charge >= 0.3 is 5.97 Å². The van der Waals surface area contributed by atoms with E-state index in [-0.39, 0.29) is 30.4 Å². The van der Waals surface area contributed by atoms with Gasteiger partial charge in [0.15, 0.2) is 0 Å². The lowest BCUT2D eigenvalue weighted by atomic mass is 9.99. The summed E-state index contributed by atoms with van der Waals surface area (Å²) < 4.78 is 0. The summed E-state index contributed by atoms with van der Waals surface area (Å²) in [6.07, 6.45) is 1.82. The van der Waals surface area contributed by atoms with E-state index in [0.717, 1.165) is 6.42 Å². The van der Waals surface area contributed by atoms with Gasteiger partial charge in [-0.3, -0.25) is 19.2 Å². The summed E-state index contributed by atoms with van der Waals surface area (Å²) in [5, 5.41) is 19.9. The normalized spacial score (nSPS) is 19.5. The number of nitrogens with one attached hydrogen (secondary N) is 4. The lowest BCUT2D eigenvalue weighted by molar-refractivity contribution is -0.143. The molecular formula is C19H33N5O6S. The van der Waals surface area contributed by atoms with Crippen LogP contribution in [-0.2, 0) is 24.0 Å². The number of aliphatic carboxylic acids is 1. The van der Waals surface area contributed by atoms with Crippen molar-refractivity contribution in [2.45, 2.75) is 70.1 Å². The summed E-state index contributed by atoms with van der Waals surface area (Å²) in [6.45, 7) is 4.19. The van der Waals surface area contributed by atoms with Crippen LogP contribution in [0, 0.1) is 5.92 Å². The van der Waals surface area contributed by atoms with Gasteiger partial charge < -0.3 is 32.1 Å². The van der Waals surface area contributed by atoms with Gasteiger partial charge in [-0.05, 0) is 31.7 Å². The zero-order chi connectivity index (χ0) is 23.6. The van der Waals surface area contributed by atoms with E-state index in [4.69, 9.17) is 5.73 Å². The number of nitrogens with two attached hydrogens (primary N) is 1. The van der Waals surface area contributed by atoms with Crippen LogP contribution in [0.5, 0.6) is 0 Å². The monoisotopic (exact) mass is 459 g/mol. The summed E-state index contributed by atoms with van der Waals surface area (Å²) in [5.41, 5.74) is 5.17. The smallest absolute Gasteiger partial charge is 0.326 e. The fourth-order valence-electron chi connectivity index (χ4n) is 3.14. The SMILES string of the molecule is CCC(C)C(NC(=O)C(CS)NC(=O)C(CCC(N)=O)NC(=O)C1CCCN1)C(=O)O. The first kappa shape index (κ1) is 26.7. The number of hydrogen-bond donors (Lipinski definition) is 7. The minimum Gasteiger partial charge on any atom is -0.480 e. The average molecular weight is 460 g/mol. The topological polar surface area (TPSA) is 180 Å². The van der Waals surface area contributed by atoms with Crippen molar-refractivity contribution in [1.82, 2.24) is 21.3 Å². The number of amides is 4. The molecule has 0 saturated carbocycles. The molecule has 11 nitrogen and oxygen atoms in total. The molecule has 31 heavy (non-hydrogen) atoms. The molecule has 0 radical (unpaired) electrons. The number of carbonyl (C=O) groups excluding carboxylic acids is 4. The van der Waals surface area contributed by atoms with Crippen LogP contribution >= 0.6 is 12.6 Å².